The molecule has 3 nitrogen and oxygen atoms in total. The molecule has 2 N–H and O–H groups in total. The fraction of sp³-hybridized carbons (Fsp3) is 0.312. The highest BCUT2D eigenvalue weighted by Gasteiger charge is 2.10. The Morgan fingerprint density at radius 3 is 2.79 bits per heavy atom. The molecule has 1 aromatic carbocycles. The van der Waals surface area contributed by atoms with Gasteiger partial charge in [-0.2, -0.15) is 0 Å². The molecule has 0 amide bonds. The fourth-order valence-corrected chi connectivity index (χ4v) is 2.03. The molecule has 0 spiro atoms. The lowest BCUT2D eigenvalue weighted by Crippen LogP contribution is -2.16. The Hall–Kier alpha value is -1.87. The van der Waals surface area contributed by atoms with E-state index in [0.29, 0.717) is 13.2 Å². The number of benzene rings is 1. The lowest BCUT2D eigenvalue weighted by atomic mass is 10.0. The lowest BCUT2D eigenvalue weighted by molar-refractivity contribution is 0.297. The summed E-state index contributed by atoms with van der Waals surface area (Å²) in [5, 5.41) is 0. The fourth-order valence-electron chi connectivity index (χ4n) is 2.03. The quantitative estimate of drug-likeness (QED) is 0.864. The SMILES string of the molecule is Cc1cccc(OCCC(CN)c2ccccn2)c1. The minimum Gasteiger partial charge on any atom is -0.494 e. The van der Waals surface area contributed by atoms with Gasteiger partial charge in [0.25, 0.3) is 0 Å². The number of rotatable bonds is 6. The zero-order chi connectivity index (χ0) is 13.5. The predicted octanol–water partition coefficient (Wildman–Crippen LogP) is 2.90. The van der Waals surface area contributed by atoms with Crippen LogP contribution in [0.2, 0.25) is 0 Å². The van der Waals surface area contributed by atoms with Gasteiger partial charge in [0.15, 0.2) is 0 Å². The summed E-state index contributed by atoms with van der Waals surface area (Å²) in [6, 6.07) is 14.0. The number of pyridine rings is 1. The van der Waals surface area contributed by atoms with E-state index in [1.165, 1.54) is 5.56 Å². The Morgan fingerprint density at radius 1 is 1.21 bits per heavy atom. The molecule has 100 valence electrons. The van der Waals surface area contributed by atoms with Crippen molar-refractivity contribution < 1.29 is 4.74 Å². The van der Waals surface area contributed by atoms with Gasteiger partial charge in [0.05, 0.1) is 6.61 Å². The monoisotopic (exact) mass is 256 g/mol. The number of nitrogens with two attached hydrogens (primary N) is 1. The van der Waals surface area contributed by atoms with Gasteiger partial charge in [0.2, 0.25) is 0 Å². The molecule has 0 saturated carbocycles. The predicted molar refractivity (Wildman–Crippen MR) is 77.3 cm³/mol. The van der Waals surface area contributed by atoms with Gasteiger partial charge in [-0.1, -0.05) is 18.2 Å². The number of aryl methyl sites for hydroxylation is 1. The summed E-state index contributed by atoms with van der Waals surface area (Å²) in [7, 11) is 0. The van der Waals surface area contributed by atoms with Crippen molar-refractivity contribution in [2.24, 2.45) is 5.73 Å². The molecule has 0 saturated heterocycles. The molecule has 0 fully saturated rings. The molecular weight excluding hydrogens is 236 g/mol. The van der Waals surface area contributed by atoms with E-state index < -0.39 is 0 Å². The Morgan fingerprint density at radius 2 is 2.11 bits per heavy atom. The second kappa shape index (κ2) is 6.90. The summed E-state index contributed by atoms with van der Waals surface area (Å²) < 4.78 is 5.76. The zero-order valence-electron chi connectivity index (χ0n) is 11.3. The summed E-state index contributed by atoms with van der Waals surface area (Å²) in [6.07, 6.45) is 2.68. The highest BCUT2D eigenvalue weighted by Crippen LogP contribution is 2.18. The van der Waals surface area contributed by atoms with E-state index in [1.54, 1.807) is 6.20 Å². The van der Waals surface area contributed by atoms with Crippen LogP contribution in [-0.4, -0.2) is 18.1 Å². The topological polar surface area (TPSA) is 48.1 Å². The molecule has 2 rings (SSSR count). The van der Waals surface area contributed by atoms with E-state index in [9.17, 15) is 0 Å². The van der Waals surface area contributed by atoms with E-state index >= 15 is 0 Å². The van der Waals surface area contributed by atoms with Crippen LogP contribution < -0.4 is 10.5 Å². The second-order valence-corrected chi connectivity index (χ2v) is 4.64. The van der Waals surface area contributed by atoms with Crippen LogP contribution in [0.3, 0.4) is 0 Å². The maximum atomic E-state index is 5.81. The maximum absolute atomic E-state index is 5.81. The van der Waals surface area contributed by atoms with Crippen molar-refractivity contribution in [3.63, 3.8) is 0 Å². The van der Waals surface area contributed by atoms with Crippen LogP contribution in [0.25, 0.3) is 0 Å². The standard InChI is InChI=1S/C16H20N2O/c1-13-5-4-6-15(11-13)19-10-8-14(12-17)16-7-2-3-9-18-16/h2-7,9,11,14H,8,10,12,17H2,1H3. The van der Waals surface area contributed by atoms with E-state index in [4.69, 9.17) is 10.5 Å². The van der Waals surface area contributed by atoms with E-state index in [-0.39, 0.29) is 5.92 Å². The molecule has 1 aromatic heterocycles. The summed E-state index contributed by atoms with van der Waals surface area (Å²) >= 11 is 0. The van der Waals surface area contributed by atoms with Gasteiger partial charge < -0.3 is 10.5 Å². The first-order chi connectivity index (χ1) is 9.29. The molecule has 1 unspecified atom stereocenters. The van der Waals surface area contributed by atoms with E-state index in [2.05, 4.69) is 18.0 Å². The number of hydrogen-bond donors (Lipinski definition) is 1. The molecule has 0 aliphatic rings. The van der Waals surface area contributed by atoms with Crippen molar-refractivity contribution in [3.8, 4) is 5.75 Å². The van der Waals surface area contributed by atoms with Crippen molar-refractivity contribution in [2.75, 3.05) is 13.2 Å². The Labute approximate surface area is 114 Å². The number of aromatic nitrogens is 1. The minimum absolute atomic E-state index is 0.256. The van der Waals surface area contributed by atoms with Crippen LogP contribution in [0, 0.1) is 6.92 Å². The van der Waals surface area contributed by atoms with Gasteiger partial charge in [-0.25, -0.2) is 0 Å². The van der Waals surface area contributed by atoms with Crippen molar-refractivity contribution in [1.82, 2.24) is 4.98 Å². The van der Waals surface area contributed by atoms with E-state index in [0.717, 1.165) is 17.9 Å². The molecular formula is C16H20N2O. The van der Waals surface area contributed by atoms with Crippen molar-refractivity contribution in [1.29, 1.82) is 0 Å². The van der Waals surface area contributed by atoms with Gasteiger partial charge >= 0.3 is 0 Å². The molecule has 0 bridgehead atoms. The van der Waals surface area contributed by atoms with Gasteiger partial charge in [0.1, 0.15) is 5.75 Å². The Bertz CT molecular complexity index is 499. The summed E-state index contributed by atoms with van der Waals surface area (Å²) in [5.41, 5.74) is 8.06. The van der Waals surface area contributed by atoms with Crippen LogP contribution in [-0.2, 0) is 0 Å². The van der Waals surface area contributed by atoms with Crippen molar-refractivity contribution >= 4 is 0 Å². The summed E-state index contributed by atoms with van der Waals surface area (Å²) in [6.45, 7) is 3.31. The van der Waals surface area contributed by atoms with Crippen LogP contribution in [0.5, 0.6) is 5.75 Å². The average molecular weight is 256 g/mol. The Balaban J connectivity index is 1.87. The zero-order valence-corrected chi connectivity index (χ0v) is 11.3. The highest BCUT2D eigenvalue weighted by atomic mass is 16.5. The van der Waals surface area contributed by atoms with Gasteiger partial charge in [-0.15, -0.1) is 0 Å². The molecule has 0 radical (unpaired) electrons. The summed E-state index contributed by atoms with van der Waals surface area (Å²) in [4.78, 5) is 4.35. The first kappa shape index (κ1) is 13.6. The maximum Gasteiger partial charge on any atom is 0.119 e. The normalized spacial score (nSPS) is 12.1. The van der Waals surface area contributed by atoms with Crippen LogP contribution in [0.15, 0.2) is 48.7 Å². The van der Waals surface area contributed by atoms with Crippen LogP contribution >= 0.6 is 0 Å². The Kier molecular flexibility index (Phi) is 4.93. The first-order valence-corrected chi connectivity index (χ1v) is 6.60. The molecule has 2 aromatic rings. The minimum atomic E-state index is 0.256. The van der Waals surface area contributed by atoms with Crippen LogP contribution in [0.4, 0.5) is 0 Å². The summed E-state index contributed by atoms with van der Waals surface area (Å²) in [5.74, 6) is 1.17. The molecule has 0 aliphatic heterocycles. The molecule has 3 heteroatoms. The largest absolute Gasteiger partial charge is 0.494 e. The second-order valence-electron chi connectivity index (χ2n) is 4.64. The molecule has 1 atom stereocenters. The number of hydrogen-bond acceptors (Lipinski definition) is 3. The highest BCUT2D eigenvalue weighted by molar-refractivity contribution is 5.27. The van der Waals surface area contributed by atoms with Crippen molar-refractivity contribution in [3.05, 3.63) is 59.9 Å². The average Bonchev–Trinajstić information content (AvgIpc) is 2.45. The molecule has 19 heavy (non-hydrogen) atoms. The lowest BCUT2D eigenvalue weighted by Gasteiger charge is -2.14. The molecule has 0 aliphatic carbocycles. The molecule has 1 heterocycles. The van der Waals surface area contributed by atoms with Gasteiger partial charge in [-0.3, -0.25) is 4.98 Å². The van der Waals surface area contributed by atoms with Gasteiger partial charge in [-0.05, 0) is 43.2 Å². The number of nitrogens with zero attached hydrogens (tertiary/aromatic N) is 1. The third kappa shape index (κ3) is 4.07. The third-order valence-electron chi connectivity index (χ3n) is 3.12. The smallest absolute Gasteiger partial charge is 0.119 e. The number of ether oxygens (including phenoxy) is 1. The first-order valence-electron chi connectivity index (χ1n) is 6.60. The van der Waals surface area contributed by atoms with Crippen molar-refractivity contribution in [2.45, 2.75) is 19.3 Å². The van der Waals surface area contributed by atoms with Gasteiger partial charge in [0, 0.05) is 24.4 Å². The van der Waals surface area contributed by atoms with Crippen LogP contribution in [0.1, 0.15) is 23.6 Å². The third-order valence-corrected chi connectivity index (χ3v) is 3.12. The van der Waals surface area contributed by atoms with E-state index in [1.807, 2.05) is 36.4 Å².